The summed E-state index contributed by atoms with van der Waals surface area (Å²) >= 11 is 2.10. The normalized spacial score (nSPS) is 32.5. The van der Waals surface area contributed by atoms with E-state index in [1.807, 2.05) is 0 Å². The fourth-order valence-corrected chi connectivity index (χ4v) is 2.06. The molecule has 14 heavy (non-hydrogen) atoms. The molecule has 0 fully saturated rings. The molecule has 0 bridgehead atoms. The molecule has 1 aliphatic carbocycles. The number of aliphatic hydroxyl groups is 2. The zero-order valence-electron chi connectivity index (χ0n) is 7.90. The monoisotopic (exact) mass is 311 g/mol. The number of aliphatic hydroxyl groups excluding tert-OH is 1. The third kappa shape index (κ3) is 2.34. The highest BCUT2D eigenvalue weighted by Gasteiger charge is 2.36. The Labute approximate surface area is 96.6 Å². The van der Waals surface area contributed by atoms with Gasteiger partial charge in [0.05, 0.1) is 0 Å². The van der Waals surface area contributed by atoms with Gasteiger partial charge in [-0.3, -0.25) is 0 Å². The van der Waals surface area contributed by atoms with Crippen molar-refractivity contribution in [1.82, 2.24) is 0 Å². The van der Waals surface area contributed by atoms with Crippen molar-refractivity contribution in [1.29, 1.82) is 0 Å². The molecule has 0 aromatic heterocycles. The Bertz CT molecular complexity index is 277. The molecular formula is C9H14INO3. The smallest absolute Gasteiger partial charge is 0.216 e. The minimum Gasteiger partial charge on any atom is -0.383 e. The van der Waals surface area contributed by atoms with Crippen molar-refractivity contribution in [2.75, 3.05) is 13.7 Å². The van der Waals surface area contributed by atoms with Crippen LogP contribution < -0.4 is 5.73 Å². The molecule has 4 nitrogen and oxygen atoms in total. The average Bonchev–Trinajstić information content (AvgIpc) is 2.15. The average molecular weight is 311 g/mol. The molecule has 0 spiro atoms. The van der Waals surface area contributed by atoms with Gasteiger partial charge in [0, 0.05) is 10.7 Å². The Morgan fingerprint density at radius 1 is 1.71 bits per heavy atom. The highest BCUT2D eigenvalue weighted by molar-refractivity contribution is 14.1. The molecule has 0 aliphatic heterocycles. The van der Waals surface area contributed by atoms with Crippen molar-refractivity contribution < 1.29 is 14.9 Å². The van der Waals surface area contributed by atoms with Crippen LogP contribution in [0.4, 0.5) is 0 Å². The Morgan fingerprint density at radius 2 is 2.36 bits per heavy atom. The fourth-order valence-electron chi connectivity index (χ4n) is 1.30. The van der Waals surface area contributed by atoms with E-state index in [-0.39, 0.29) is 0 Å². The predicted molar refractivity (Wildman–Crippen MR) is 61.8 cm³/mol. The zero-order chi connectivity index (χ0) is 10.8. The molecule has 0 saturated carbocycles. The molecule has 0 aromatic carbocycles. The molecule has 4 N–H and O–H groups in total. The van der Waals surface area contributed by atoms with Gasteiger partial charge in [-0.05, 0) is 53.3 Å². The van der Waals surface area contributed by atoms with Crippen LogP contribution in [0.1, 0.15) is 6.42 Å². The van der Waals surface area contributed by atoms with Crippen molar-refractivity contribution in [3.63, 3.8) is 0 Å². The first kappa shape index (κ1) is 12.1. The van der Waals surface area contributed by atoms with Gasteiger partial charge in [0.15, 0.2) is 0 Å². The zero-order valence-corrected chi connectivity index (χ0v) is 10.1. The number of hydrogen-bond acceptors (Lipinski definition) is 4. The molecule has 0 radical (unpaired) electrons. The van der Waals surface area contributed by atoms with Crippen LogP contribution in [0.15, 0.2) is 21.3 Å². The van der Waals surface area contributed by atoms with E-state index in [0.717, 1.165) is 9.15 Å². The molecule has 80 valence electrons. The summed E-state index contributed by atoms with van der Waals surface area (Å²) in [4.78, 5) is 0. The topological polar surface area (TPSA) is 75.7 Å². The third-order valence-electron chi connectivity index (χ3n) is 2.16. The van der Waals surface area contributed by atoms with E-state index in [9.17, 15) is 10.2 Å². The number of hydrogen-bond donors (Lipinski definition) is 3. The molecule has 0 aromatic rings. The lowest BCUT2D eigenvalue weighted by Crippen LogP contribution is -2.43. The minimum atomic E-state index is -1.61. The van der Waals surface area contributed by atoms with Gasteiger partial charge < -0.3 is 20.7 Å². The van der Waals surface area contributed by atoms with Gasteiger partial charge in [-0.2, -0.15) is 0 Å². The van der Waals surface area contributed by atoms with Gasteiger partial charge in [0.25, 0.3) is 0 Å². The number of ether oxygens (including phenoxy) is 1. The Kier molecular flexibility index (Phi) is 4.08. The van der Waals surface area contributed by atoms with E-state index < -0.39 is 11.9 Å². The van der Waals surface area contributed by atoms with Gasteiger partial charge in [-0.1, -0.05) is 0 Å². The lowest BCUT2D eigenvalue weighted by molar-refractivity contribution is -0.196. The number of halogens is 1. The summed E-state index contributed by atoms with van der Waals surface area (Å²) in [6.07, 6.45) is 2.72. The number of methoxy groups -OCH3 is 1. The van der Waals surface area contributed by atoms with Crippen molar-refractivity contribution in [3.05, 3.63) is 21.3 Å². The first-order valence-corrected chi connectivity index (χ1v) is 5.36. The van der Waals surface area contributed by atoms with E-state index in [1.165, 1.54) is 13.2 Å². The van der Waals surface area contributed by atoms with Crippen LogP contribution in [-0.4, -0.2) is 35.8 Å². The first-order chi connectivity index (χ1) is 6.53. The SMILES string of the molecule is COC1(O)C=C(CCN)C(I)=CC1O. The van der Waals surface area contributed by atoms with Crippen LogP contribution in [0.25, 0.3) is 0 Å². The summed E-state index contributed by atoms with van der Waals surface area (Å²) in [7, 11) is 1.35. The van der Waals surface area contributed by atoms with Crippen molar-refractivity contribution in [2.24, 2.45) is 5.73 Å². The van der Waals surface area contributed by atoms with E-state index in [1.54, 1.807) is 6.08 Å². The Balaban J connectivity index is 2.94. The molecule has 5 heteroatoms. The quantitative estimate of drug-likeness (QED) is 0.517. The van der Waals surface area contributed by atoms with Crippen molar-refractivity contribution in [3.8, 4) is 0 Å². The second kappa shape index (κ2) is 4.71. The molecule has 1 aliphatic rings. The number of rotatable bonds is 3. The van der Waals surface area contributed by atoms with Crippen LogP contribution in [0.5, 0.6) is 0 Å². The van der Waals surface area contributed by atoms with E-state index in [2.05, 4.69) is 22.6 Å². The summed E-state index contributed by atoms with van der Waals surface area (Å²) in [6, 6.07) is 0. The van der Waals surface area contributed by atoms with Crippen molar-refractivity contribution in [2.45, 2.75) is 18.3 Å². The lowest BCUT2D eigenvalue weighted by atomic mass is 9.97. The second-order valence-corrected chi connectivity index (χ2v) is 4.29. The highest BCUT2D eigenvalue weighted by Crippen LogP contribution is 2.32. The molecule has 0 amide bonds. The standard InChI is InChI=1S/C9H14INO3/c1-14-9(13)5-6(2-3-11)7(10)4-8(9)12/h4-5,8,12-13H,2-3,11H2,1H3. The van der Waals surface area contributed by atoms with Crippen LogP contribution in [0.3, 0.4) is 0 Å². The Hall–Kier alpha value is 0.0500. The number of allylic oxidation sites excluding steroid dienone is 1. The van der Waals surface area contributed by atoms with Crippen LogP contribution >= 0.6 is 22.6 Å². The summed E-state index contributed by atoms with van der Waals surface area (Å²) < 4.78 is 5.76. The van der Waals surface area contributed by atoms with Gasteiger partial charge in [0.2, 0.25) is 5.79 Å². The van der Waals surface area contributed by atoms with Gasteiger partial charge >= 0.3 is 0 Å². The maximum absolute atomic E-state index is 9.83. The van der Waals surface area contributed by atoms with Crippen molar-refractivity contribution >= 4 is 22.6 Å². The van der Waals surface area contributed by atoms with Crippen LogP contribution in [0, 0.1) is 0 Å². The maximum atomic E-state index is 9.83. The van der Waals surface area contributed by atoms with Gasteiger partial charge in [0.1, 0.15) is 6.10 Å². The lowest BCUT2D eigenvalue weighted by Gasteiger charge is -2.31. The van der Waals surface area contributed by atoms with E-state index in [4.69, 9.17) is 10.5 Å². The third-order valence-corrected chi connectivity index (χ3v) is 3.21. The summed E-state index contributed by atoms with van der Waals surface area (Å²) in [6.45, 7) is 0.502. The molecule has 2 unspecified atom stereocenters. The summed E-state index contributed by atoms with van der Waals surface area (Å²) in [5.74, 6) is -1.61. The summed E-state index contributed by atoms with van der Waals surface area (Å²) in [5, 5.41) is 19.4. The van der Waals surface area contributed by atoms with Crippen LogP contribution in [0.2, 0.25) is 0 Å². The molecular weight excluding hydrogens is 297 g/mol. The Morgan fingerprint density at radius 3 is 2.86 bits per heavy atom. The van der Waals surface area contributed by atoms with Crippen LogP contribution in [-0.2, 0) is 4.74 Å². The minimum absolute atomic E-state index is 0.502. The molecule has 1 rings (SSSR count). The first-order valence-electron chi connectivity index (χ1n) is 4.28. The molecule has 0 heterocycles. The molecule has 0 saturated heterocycles. The van der Waals surface area contributed by atoms with Gasteiger partial charge in [-0.15, -0.1) is 0 Å². The maximum Gasteiger partial charge on any atom is 0.216 e. The fraction of sp³-hybridized carbons (Fsp3) is 0.556. The summed E-state index contributed by atoms with van der Waals surface area (Å²) in [5.41, 5.74) is 6.34. The van der Waals surface area contributed by atoms with E-state index in [0.29, 0.717) is 13.0 Å². The second-order valence-electron chi connectivity index (χ2n) is 3.12. The molecule has 2 atom stereocenters. The number of nitrogens with two attached hydrogens (primary N) is 1. The van der Waals surface area contributed by atoms with E-state index >= 15 is 0 Å². The predicted octanol–water partition coefficient (Wildman–Crippen LogP) is 0.290. The van der Waals surface area contributed by atoms with Gasteiger partial charge in [-0.25, -0.2) is 0 Å². The largest absolute Gasteiger partial charge is 0.383 e. The highest BCUT2D eigenvalue weighted by atomic mass is 127.